The lowest BCUT2D eigenvalue weighted by atomic mass is 10.1. The summed E-state index contributed by atoms with van der Waals surface area (Å²) >= 11 is 1.67. The summed E-state index contributed by atoms with van der Waals surface area (Å²) in [5, 5.41) is 4.13. The lowest BCUT2D eigenvalue weighted by Crippen LogP contribution is -2.13. The summed E-state index contributed by atoms with van der Waals surface area (Å²) in [5.74, 6) is 1.59. The molecular weight excluding hydrogens is 274 g/mol. The van der Waals surface area contributed by atoms with Crippen LogP contribution in [0.15, 0.2) is 17.4 Å². The molecule has 0 atom stereocenters. The minimum Gasteiger partial charge on any atom is -0.469 e. The highest BCUT2D eigenvalue weighted by molar-refractivity contribution is 7.99. The normalized spacial score (nSPS) is 15.7. The standard InChI is InChI=1S/C14H21N3O2S/c1-3-6-16-11-8-15-9-12(17-11)20-10-14(4-5-14)7-13(18)19-2/h8-9H,3-7,10H2,1-2H3,(H,16,17). The summed E-state index contributed by atoms with van der Waals surface area (Å²) in [6.45, 7) is 3.01. The quantitative estimate of drug-likeness (QED) is 0.587. The molecule has 6 heteroatoms. The summed E-state index contributed by atoms with van der Waals surface area (Å²) in [7, 11) is 1.44. The van der Waals surface area contributed by atoms with Gasteiger partial charge in [0.05, 0.1) is 25.9 Å². The van der Waals surface area contributed by atoms with Crippen molar-refractivity contribution in [3.05, 3.63) is 12.4 Å². The van der Waals surface area contributed by atoms with E-state index in [1.54, 1.807) is 24.2 Å². The van der Waals surface area contributed by atoms with Crippen molar-refractivity contribution in [1.82, 2.24) is 9.97 Å². The average molecular weight is 295 g/mol. The van der Waals surface area contributed by atoms with Gasteiger partial charge in [-0.1, -0.05) is 6.92 Å². The fourth-order valence-corrected chi connectivity index (χ4v) is 3.05. The number of nitrogens with one attached hydrogen (secondary N) is 1. The molecule has 0 bridgehead atoms. The SMILES string of the molecule is CCCNc1cncc(SCC2(CC(=O)OC)CC2)n1. The van der Waals surface area contributed by atoms with Crippen LogP contribution in [-0.4, -0.2) is 35.3 Å². The number of hydrogen-bond donors (Lipinski definition) is 1. The van der Waals surface area contributed by atoms with Gasteiger partial charge >= 0.3 is 5.97 Å². The predicted octanol–water partition coefficient (Wildman–Crippen LogP) is 2.73. The summed E-state index contributed by atoms with van der Waals surface area (Å²) in [6, 6.07) is 0. The van der Waals surface area contributed by atoms with Crippen molar-refractivity contribution in [1.29, 1.82) is 0 Å². The van der Waals surface area contributed by atoms with Crippen LogP contribution in [0, 0.1) is 5.41 Å². The third-order valence-electron chi connectivity index (χ3n) is 3.40. The Morgan fingerprint density at radius 2 is 2.30 bits per heavy atom. The lowest BCUT2D eigenvalue weighted by molar-refractivity contribution is -0.141. The fraction of sp³-hybridized carbons (Fsp3) is 0.643. The first kappa shape index (κ1) is 15.1. The van der Waals surface area contributed by atoms with E-state index >= 15 is 0 Å². The first-order valence-corrected chi connectivity index (χ1v) is 7.91. The zero-order chi connectivity index (χ0) is 14.4. The number of carbonyl (C=O) groups excluding carboxylic acids is 1. The van der Waals surface area contributed by atoms with E-state index in [1.807, 2.05) is 0 Å². The third-order valence-corrected chi connectivity index (χ3v) is 4.65. The van der Waals surface area contributed by atoms with Crippen LogP contribution in [-0.2, 0) is 9.53 Å². The Bertz CT molecular complexity index is 463. The van der Waals surface area contributed by atoms with E-state index in [0.717, 1.165) is 42.4 Å². The van der Waals surface area contributed by atoms with E-state index < -0.39 is 0 Å². The Balaban J connectivity index is 1.86. The molecule has 0 unspecified atom stereocenters. The molecule has 1 N–H and O–H groups in total. The maximum Gasteiger partial charge on any atom is 0.306 e. The first-order chi connectivity index (χ1) is 9.67. The van der Waals surface area contributed by atoms with Gasteiger partial charge < -0.3 is 10.1 Å². The smallest absolute Gasteiger partial charge is 0.306 e. The summed E-state index contributed by atoms with van der Waals surface area (Å²) in [5.41, 5.74) is 0.117. The van der Waals surface area contributed by atoms with Gasteiger partial charge in [0.1, 0.15) is 10.8 Å². The zero-order valence-electron chi connectivity index (χ0n) is 12.0. The lowest BCUT2D eigenvalue weighted by Gasteiger charge is -2.12. The number of hydrogen-bond acceptors (Lipinski definition) is 6. The molecule has 0 saturated heterocycles. The highest BCUT2D eigenvalue weighted by Crippen LogP contribution is 2.51. The molecule has 1 heterocycles. The highest BCUT2D eigenvalue weighted by Gasteiger charge is 2.44. The van der Waals surface area contributed by atoms with Crippen molar-refractivity contribution in [3.8, 4) is 0 Å². The van der Waals surface area contributed by atoms with E-state index in [-0.39, 0.29) is 11.4 Å². The Hall–Kier alpha value is -1.30. The second-order valence-electron chi connectivity index (χ2n) is 5.21. The molecule has 1 fully saturated rings. The molecular formula is C14H21N3O2S. The number of aromatic nitrogens is 2. The minimum absolute atomic E-state index is 0.117. The molecule has 0 aromatic carbocycles. The third kappa shape index (κ3) is 4.37. The number of thioether (sulfide) groups is 1. The number of methoxy groups -OCH3 is 1. The van der Waals surface area contributed by atoms with Crippen LogP contribution >= 0.6 is 11.8 Å². The minimum atomic E-state index is -0.118. The van der Waals surface area contributed by atoms with Crippen LogP contribution in [0.3, 0.4) is 0 Å². The van der Waals surface area contributed by atoms with Crippen molar-refractivity contribution in [2.45, 2.75) is 37.6 Å². The van der Waals surface area contributed by atoms with Gasteiger partial charge in [-0.05, 0) is 24.7 Å². The maximum absolute atomic E-state index is 11.4. The Kier molecular flexibility index (Phi) is 5.23. The van der Waals surface area contributed by atoms with E-state index in [4.69, 9.17) is 4.74 Å². The second kappa shape index (κ2) is 6.92. The number of nitrogens with zero attached hydrogens (tertiary/aromatic N) is 2. The number of rotatable bonds is 8. The molecule has 1 aromatic heterocycles. The molecule has 110 valence electrons. The van der Waals surface area contributed by atoms with Gasteiger partial charge in [0.2, 0.25) is 0 Å². The van der Waals surface area contributed by atoms with Crippen molar-refractivity contribution >= 4 is 23.5 Å². The van der Waals surface area contributed by atoms with Crippen LogP contribution < -0.4 is 5.32 Å². The van der Waals surface area contributed by atoms with Gasteiger partial charge in [-0.15, -0.1) is 11.8 Å². The van der Waals surface area contributed by atoms with Gasteiger partial charge in [0, 0.05) is 12.3 Å². The van der Waals surface area contributed by atoms with E-state index in [9.17, 15) is 4.79 Å². The molecule has 5 nitrogen and oxygen atoms in total. The van der Waals surface area contributed by atoms with Crippen LogP contribution in [0.5, 0.6) is 0 Å². The van der Waals surface area contributed by atoms with Gasteiger partial charge in [-0.25, -0.2) is 4.98 Å². The van der Waals surface area contributed by atoms with Crippen LogP contribution in [0.1, 0.15) is 32.6 Å². The molecule has 1 saturated carbocycles. The molecule has 0 aliphatic heterocycles. The average Bonchev–Trinajstić information content (AvgIpc) is 3.23. The number of esters is 1. The Morgan fingerprint density at radius 1 is 1.50 bits per heavy atom. The fourth-order valence-electron chi connectivity index (χ4n) is 1.91. The molecule has 1 aromatic rings. The van der Waals surface area contributed by atoms with Crippen molar-refractivity contribution < 1.29 is 9.53 Å². The highest BCUT2D eigenvalue weighted by atomic mass is 32.2. The van der Waals surface area contributed by atoms with Crippen LogP contribution in [0.4, 0.5) is 5.82 Å². The van der Waals surface area contributed by atoms with E-state index in [2.05, 4.69) is 22.2 Å². The number of ether oxygens (including phenoxy) is 1. The van der Waals surface area contributed by atoms with Crippen molar-refractivity contribution in [2.75, 3.05) is 24.7 Å². The molecule has 1 aliphatic rings. The number of anilines is 1. The molecule has 20 heavy (non-hydrogen) atoms. The number of carbonyl (C=O) groups is 1. The van der Waals surface area contributed by atoms with E-state index in [1.165, 1.54) is 7.11 Å². The van der Waals surface area contributed by atoms with Crippen molar-refractivity contribution in [2.24, 2.45) is 5.41 Å². The molecule has 1 aliphatic carbocycles. The topological polar surface area (TPSA) is 64.1 Å². The summed E-state index contributed by atoms with van der Waals surface area (Å²) in [6.07, 6.45) is 7.27. The monoisotopic (exact) mass is 295 g/mol. The van der Waals surface area contributed by atoms with E-state index in [0.29, 0.717) is 6.42 Å². The zero-order valence-corrected chi connectivity index (χ0v) is 12.8. The molecule has 0 amide bonds. The van der Waals surface area contributed by atoms with Gasteiger partial charge in [0.15, 0.2) is 0 Å². The summed E-state index contributed by atoms with van der Waals surface area (Å²) in [4.78, 5) is 20.1. The largest absolute Gasteiger partial charge is 0.469 e. The Morgan fingerprint density at radius 3 is 2.95 bits per heavy atom. The first-order valence-electron chi connectivity index (χ1n) is 6.93. The second-order valence-corrected chi connectivity index (χ2v) is 6.21. The molecule has 0 radical (unpaired) electrons. The molecule has 0 spiro atoms. The van der Waals surface area contributed by atoms with Gasteiger partial charge in [-0.2, -0.15) is 0 Å². The predicted molar refractivity (Wildman–Crippen MR) is 79.8 cm³/mol. The summed E-state index contributed by atoms with van der Waals surface area (Å²) < 4.78 is 4.76. The van der Waals surface area contributed by atoms with Crippen LogP contribution in [0.25, 0.3) is 0 Å². The van der Waals surface area contributed by atoms with Gasteiger partial charge in [-0.3, -0.25) is 9.78 Å². The Labute approximate surface area is 123 Å². The maximum atomic E-state index is 11.4. The molecule has 2 rings (SSSR count). The van der Waals surface area contributed by atoms with Crippen molar-refractivity contribution in [3.63, 3.8) is 0 Å². The van der Waals surface area contributed by atoms with Gasteiger partial charge in [0.25, 0.3) is 0 Å². The van der Waals surface area contributed by atoms with Crippen LogP contribution in [0.2, 0.25) is 0 Å².